The van der Waals surface area contributed by atoms with E-state index in [1.807, 2.05) is 42.5 Å². The Hall–Kier alpha value is -2.37. The summed E-state index contributed by atoms with van der Waals surface area (Å²) in [5.74, 6) is -0.00750. The van der Waals surface area contributed by atoms with Crippen LogP contribution in [0.4, 0.5) is 5.69 Å². The van der Waals surface area contributed by atoms with Crippen LogP contribution in [0.25, 0.3) is 6.08 Å². The molecular formula is C23H23BrN2O2. The van der Waals surface area contributed by atoms with Gasteiger partial charge in [-0.2, -0.15) is 0 Å². The molecule has 2 aromatic carbocycles. The zero-order valence-electron chi connectivity index (χ0n) is 15.7. The third kappa shape index (κ3) is 4.37. The lowest BCUT2D eigenvalue weighted by atomic mass is 10.1. The molecule has 1 aliphatic heterocycles. The molecule has 2 aliphatic rings. The van der Waals surface area contributed by atoms with Crippen LogP contribution in [0.2, 0.25) is 0 Å². The van der Waals surface area contributed by atoms with Gasteiger partial charge < -0.3 is 15.0 Å². The fourth-order valence-electron chi connectivity index (χ4n) is 3.72. The Kier molecular flexibility index (Phi) is 5.93. The molecule has 2 aromatic rings. The lowest BCUT2D eigenvalue weighted by Crippen LogP contribution is -2.36. The van der Waals surface area contributed by atoms with Gasteiger partial charge >= 0.3 is 0 Å². The summed E-state index contributed by atoms with van der Waals surface area (Å²) in [5.41, 5.74) is 5.15. The molecule has 5 heteroatoms. The second-order valence-electron chi connectivity index (χ2n) is 6.97. The molecule has 144 valence electrons. The average Bonchev–Trinajstić information content (AvgIpc) is 3.15. The maximum atomic E-state index is 13.1. The van der Waals surface area contributed by atoms with E-state index in [0.717, 1.165) is 52.9 Å². The van der Waals surface area contributed by atoms with E-state index < -0.39 is 0 Å². The molecule has 0 atom stereocenters. The number of hydrogen-bond acceptors (Lipinski definition) is 3. The highest BCUT2D eigenvalue weighted by molar-refractivity contribution is 9.10. The van der Waals surface area contributed by atoms with Crippen molar-refractivity contribution in [2.24, 2.45) is 0 Å². The Morgan fingerprint density at radius 3 is 2.43 bits per heavy atom. The van der Waals surface area contributed by atoms with Crippen molar-refractivity contribution in [1.29, 1.82) is 0 Å². The first-order chi connectivity index (χ1) is 13.7. The zero-order chi connectivity index (χ0) is 19.3. The van der Waals surface area contributed by atoms with Gasteiger partial charge in [0.1, 0.15) is 0 Å². The van der Waals surface area contributed by atoms with E-state index in [0.29, 0.717) is 13.2 Å². The molecule has 0 radical (unpaired) electrons. The number of nitrogens with zero attached hydrogens (tertiary/aromatic N) is 1. The Labute approximate surface area is 174 Å². The third-order valence-electron chi connectivity index (χ3n) is 5.08. The normalized spacial score (nSPS) is 18.6. The SMILES string of the molecule is O=C(Nc1ccccc1)C1=C(N2CCOCC2)/C(=C/c2ccc(Br)cc2)CC1. The van der Waals surface area contributed by atoms with E-state index in [-0.39, 0.29) is 5.91 Å². The summed E-state index contributed by atoms with van der Waals surface area (Å²) >= 11 is 3.49. The monoisotopic (exact) mass is 438 g/mol. The number of anilines is 1. The van der Waals surface area contributed by atoms with Crippen LogP contribution in [-0.2, 0) is 9.53 Å². The van der Waals surface area contributed by atoms with E-state index in [4.69, 9.17) is 4.74 Å². The first kappa shape index (κ1) is 19.0. The summed E-state index contributed by atoms with van der Waals surface area (Å²) in [7, 11) is 0. The maximum absolute atomic E-state index is 13.1. The molecule has 1 N–H and O–H groups in total. The lowest BCUT2D eigenvalue weighted by Gasteiger charge is -2.31. The highest BCUT2D eigenvalue weighted by Crippen LogP contribution is 2.36. The van der Waals surface area contributed by atoms with Crippen molar-refractivity contribution in [3.05, 3.63) is 81.5 Å². The zero-order valence-corrected chi connectivity index (χ0v) is 17.2. The highest BCUT2D eigenvalue weighted by Gasteiger charge is 2.29. The molecule has 1 heterocycles. The summed E-state index contributed by atoms with van der Waals surface area (Å²) in [6.45, 7) is 3.02. The number of allylic oxidation sites excluding steroid dienone is 1. The predicted molar refractivity (Wildman–Crippen MR) is 116 cm³/mol. The Morgan fingerprint density at radius 2 is 1.71 bits per heavy atom. The topological polar surface area (TPSA) is 41.6 Å². The number of halogens is 1. The smallest absolute Gasteiger partial charge is 0.253 e. The van der Waals surface area contributed by atoms with E-state index in [2.05, 4.69) is 44.4 Å². The summed E-state index contributed by atoms with van der Waals surface area (Å²) in [6.07, 6.45) is 3.84. The van der Waals surface area contributed by atoms with Crippen LogP contribution in [0.15, 0.2) is 75.9 Å². The minimum Gasteiger partial charge on any atom is -0.378 e. The molecule has 1 fully saturated rings. The largest absolute Gasteiger partial charge is 0.378 e. The van der Waals surface area contributed by atoms with Crippen LogP contribution >= 0.6 is 15.9 Å². The van der Waals surface area contributed by atoms with Crippen LogP contribution in [0.5, 0.6) is 0 Å². The summed E-state index contributed by atoms with van der Waals surface area (Å²) in [5, 5.41) is 3.06. The number of benzene rings is 2. The van der Waals surface area contributed by atoms with E-state index in [1.54, 1.807) is 0 Å². The van der Waals surface area contributed by atoms with Gasteiger partial charge in [-0.05, 0) is 54.3 Å². The third-order valence-corrected chi connectivity index (χ3v) is 5.61. The van der Waals surface area contributed by atoms with Gasteiger partial charge in [-0.15, -0.1) is 0 Å². The molecule has 1 amide bonds. The number of hydrogen-bond donors (Lipinski definition) is 1. The van der Waals surface area contributed by atoms with Crippen molar-refractivity contribution in [2.75, 3.05) is 31.6 Å². The molecule has 28 heavy (non-hydrogen) atoms. The average molecular weight is 439 g/mol. The number of ether oxygens (including phenoxy) is 1. The van der Waals surface area contributed by atoms with Gasteiger partial charge in [-0.3, -0.25) is 4.79 Å². The van der Waals surface area contributed by atoms with Crippen molar-refractivity contribution >= 4 is 33.6 Å². The molecule has 0 aromatic heterocycles. The molecular weight excluding hydrogens is 416 g/mol. The van der Waals surface area contributed by atoms with Crippen LogP contribution in [-0.4, -0.2) is 37.1 Å². The molecule has 4 nitrogen and oxygen atoms in total. The van der Waals surface area contributed by atoms with Gasteiger partial charge in [0.15, 0.2) is 0 Å². The fourth-order valence-corrected chi connectivity index (χ4v) is 3.99. The summed E-state index contributed by atoms with van der Waals surface area (Å²) in [6, 6.07) is 17.9. The van der Waals surface area contributed by atoms with E-state index >= 15 is 0 Å². The fraction of sp³-hybridized carbons (Fsp3) is 0.261. The van der Waals surface area contributed by atoms with Crippen molar-refractivity contribution in [1.82, 2.24) is 4.90 Å². The second-order valence-corrected chi connectivity index (χ2v) is 7.88. The van der Waals surface area contributed by atoms with Gasteiger partial charge in [0.2, 0.25) is 0 Å². The lowest BCUT2D eigenvalue weighted by molar-refractivity contribution is -0.113. The van der Waals surface area contributed by atoms with Gasteiger partial charge in [0, 0.05) is 34.5 Å². The summed E-state index contributed by atoms with van der Waals surface area (Å²) < 4.78 is 6.59. The van der Waals surface area contributed by atoms with Crippen molar-refractivity contribution < 1.29 is 9.53 Å². The second kappa shape index (κ2) is 8.76. The Balaban J connectivity index is 1.67. The molecule has 4 rings (SSSR count). The number of carbonyl (C=O) groups is 1. The van der Waals surface area contributed by atoms with Gasteiger partial charge in [-0.25, -0.2) is 0 Å². The number of nitrogens with one attached hydrogen (secondary N) is 1. The number of morpholine rings is 1. The Morgan fingerprint density at radius 1 is 1.00 bits per heavy atom. The standard InChI is InChI=1S/C23H23BrN2O2/c24-19-9-6-17(7-10-19)16-18-8-11-21(22(18)26-12-14-28-15-13-26)23(27)25-20-4-2-1-3-5-20/h1-7,9-10,16H,8,11-15H2,(H,25,27)/b18-16+. The van der Waals surface area contributed by atoms with E-state index in [1.165, 1.54) is 5.57 Å². The first-order valence-corrected chi connectivity index (χ1v) is 10.4. The van der Waals surface area contributed by atoms with Crippen molar-refractivity contribution in [3.63, 3.8) is 0 Å². The van der Waals surface area contributed by atoms with Gasteiger partial charge in [0.05, 0.1) is 13.2 Å². The highest BCUT2D eigenvalue weighted by atomic mass is 79.9. The minimum absolute atomic E-state index is 0.00750. The van der Waals surface area contributed by atoms with Crippen LogP contribution in [0.3, 0.4) is 0 Å². The number of para-hydroxylation sites is 1. The first-order valence-electron chi connectivity index (χ1n) is 9.59. The van der Waals surface area contributed by atoms with Crippen LogP contribution in [0.1, 0.15) is 18.4 Å². The minimum atomic E-state index is -0.00750. The van der Waals surface area contributed by atoms with E-state index in [9.17, 15) is 4.79 Å². The Bertz CT molecular complexity index is 898. The summed E-state index contributed by atoms with van der Waals surface area (Å²) in [4.78, 5) is 15.4. The number of rotatable bonds is 4. The molecule has 0 spiro atoms. The van der Waals surface area contributed by atoms with Crippen molar-refractivity contribution in [2.45, 2.75) is 12.8 Å². The van der Waals surface area contributed by atoms with Gasteiger partial charge in [0.25, 0.3) is 5.91 Å². The number of amides is 1. The molecule has 1 saturated heterocycles. The molecule has 0 saturated carbocycles. The van der Waals surface area contributed by atoms with Crippen LogP contribution in [0, 0.1) is 0 Å². The molecule has 1 aliphatic carbocycles. The van der Waals surface area contributed by atoms with Crippen molar-refractivity contribution in [3.8, 4) is 0 Å². The molecule has 0 bridgehead atoms. The molecule has 0 unspecified atom stereocenters. The predicted octanol–water partition coefficient (Wildman–Crippen LogP) is 4.85. The quantitative estimate of drug-likeness (QED) is 0.741. The van der Waals surface area contributed by atoms with Gasteiger partial charge in [-0.1, -0.05) is 46.3 Å². The van der Waals surface area contributed by atoms with Crippen LogP contribution < -0.4 is 5.32 Å². The maximum Gasteiger partial charge on any atom is 0.253 e. The number of carbonyl (C=O) groups excluding carboxylic acids is 1.